The molecule has 5 nitrogen and oxygen atoms in total. The van der Waals surface area contributed by atoms with E-state index in [-0.39, 0.29) is 5.78 Å². The molecule has 5 heteroatoms. The lowest BCUT2D eigenvalue weighted by Crippen LogP contribution is -2.20. The number of benzene rings is 1. The molecule has 1 aromatic heterocycles. The van der Waals surface area contributed by atoms with E-state index >= 15 is 0 Å². The van der Waals surface area contributed by atoms with Gasteiger partial charge in [0.1, 0.15) is 5.82 Å². The number of aryl methyl sites for hydroxylation is 1. The van der Waals surface area contributed by atoms with Crippen molar-refractivity contribution >= 4 is 23.2 Å². The maximum absolute atomic E-state index is 11.3. The third-order valence-corrected chi connectivity index (χ3v) is 3.63. The molecule has 0 unspecified atom stereocenters. The minimum absolute atomic E-state index is 0.0585. The molecule has 2 aromatic rings. The molecule has 0 saturated heterocycles. The predicted molar refractivity (Wildman–Crippen MR) is 94.7 cm³/mol. The monoisotopic (exact) mass is 312 g/mol. The lowest BCUT2D eigenvalue weighted by molar-refractivity contribution is 0.101. The Morgan fingerprint density at radius 1 is 1.22 bits per heavy atom. The molecule has 0 bridgehead atoms. The molecular formula is C18H24N4O. The van der Waals surface area contributed by atoms with Crippen molar-refractivity contribution in [3.05, 3.63) is 41.6 Å². The summed E-state index contributed by atoms with van der Waals surface area (Å²) in [7, 11) is 2.04. The molecular weight excluding hydrogens is 288 g/mol. The number of hydrogen-bond donors (Lipinski definition) is 1. The highest BCUT2D eigenvalue weighted by Gasteiger charge is 2.07. The van der Waals surface area contributed by atoms with Crippen molar-refractivity contribution in [1.82, 2.24) is 9.97 Å². The van der Waals surface area contributed by atoms with Crippen LogP contribution >= 0.6 is 0 Å². The van der Waals surface area contributed by atoms with Crippen LogP contribution in [0.2, 0.25) is 0 Å². The molecule has 122 valence electrons. The second kappa shape index (κ2) is 7.72. The molecule has 0 amide bonds. The summed E-state index contributed by atoms with van der Waals surface area (Å²) < 4.78 is 0. The molecule has 23 heavy (non-hydrogen) atoms. The molecule has 0 aliphatic heterocycles. The van der Waals surface area contributed by atoms with Gasteiger partial charge in [-0.1, -0.05) is 13.3 Å². The summed E-state index contributed by atoms with van der Waals surface area (Å²) in [5, 5.41) is 3.20. The maximum Gasteiger partial charge on any atom is 0.229 e. The number of anilines is 3. The van der Waals surface area contributed by atoms with Crippen LogP contribution in [0.1, 0.15) is 42.7 Å². The van der Waals surface area contributed by atoms with E-state index in [2.05, 4.69) is 27.1 Å². The summed E-state index contributed by atoms with van der Waals surface area (Å²) >= 11 is 0. The number of Topliss-reactive ketones (excluding diaryl/α,β-unsaturated/α-hetero) is 1. The van der Waals surface area contributed by atoms with E-state index in [1.165, 1.54) is 0 Å². The van der Waals surface area contributed by atoms with Crippen LogP contribution in [0.15, 0.2) is 30.3 Å². The number of unbranched alkanes of at least 4 members (excludes halogenated alkanes) is 1. The predicted octanol–water partition coefficient (Wildman–Crippen LogP) is 3.97. The summed E-state index contributed by atoms with van der Waals surface area (Å²) in [6.07, 6.45) is 2.29. The zero-order valence-electron chi connectivity index (χ0n) is 14.3. The molecule has 1 aromatic carbocycles. The van der Waals surface area contributed by atoms with Crippen molar-refractivity contribution in [2.45, 2.75) is 33.6 Å². The van der Waals surface area contributed by atoms with Gasteiger partial charge in [-0.25, -0.2) is 4.98 Å². The van der Waals surface area contributed by atoms with Gasteiger partial charge in [-0.05, 0) is 44.5 Å². The number of rotatable bonds is 7. The zero-order valence-corrected chi connectivity index (χ0v) is 14.3. The van der Waals surface area contributed by atoms with Gasteiger partial charge >= 0.3 is 0 Å². The third-order valence-electron chi connectivity index (χ3n) is 3.63. The van der Waals surface area contributed by atoms with E-state index in [0.717, 1.165) is 36.6 Å². The van der Waals surface area contributed by atoms with Crippen LogP contribution in [0, 0.1) is 6.92 Å². The number of nitrogens with one attached hydrogen (secondary N) is 1. The molecule has 1 heterocycles. The highest BCUT2D eigenvalue weighted by molar-refractivity contribution is 5.94. The Hall–Kier alpha value is -2.43. The number of carbonyl (C=O) groups is 1. The summed E-state index contributed by atoms with van der Waals surface area (Å²) in [4.78, 5) is 22.5. The second-order valence-corrected chi connectivity index (χ2v) is 5.72. The van der Waals surface area contributed by atoms with Gasteiger partial charge in [0.2, 0.25) is 5.95 Å². The molecule has 0 radical (unpaired) electrons. The molecule has 0 fully saturated rings. The average Bonchev–Trinajstić information content (AvgIpc) is 2.52. The Morgan fingerprint density at radius 2 is 1.91 bits per heavy atom. The Bertz CT molecular complexity index is 667. The third kappa shape index (κ3) is 4.77. The van der Waals surface area contributed by atoms with Crippen molar-refractivity contribution in [3.8, 4) is 0 Å². The highest BCUT2D eigenvalue weighted by Crippen LogP contribution is 2.18. The molecule has 0 spiro atoms. The topological polar surface area (TPSA) is 58.1 Å². The fourth-order valence-corrected chi connectivity index (χ4v) is 2.23. The van der Waals surface area contributed by atoms with E-state index in [0.29, 0.717) is 11.5 Å². The molecule has 0 aliphatic rings. The van der Waals surface area contributed by atoms with Crippen LogP contribution in [0.3, 0.4) is 0 Å². The van der Waals surface area contributed by atoms with Crippen molar-refractivity contribution in [2.75, 3.05) is 23.8 Å². The Kier molecular flexibility index (Phi) is 5.68. The largest absolute Gasteiger partial charge is 0.360 e. The van der Waals surface area contributed by atoms with Crippen LogP contribution in [-0.4, -0.2) is 29.3 Å². The summed E-state index contributed by atoms with van der Waals surface area (Å²) in [6.45, 7) is 6.67. The zero-order chi connectivity index (χ0) is 16.8. The lowest BCUT2D eigenvalue weighted by atomic mass is 10.1. The Labute approximate surface area is 137 Å². The normalized spacial score (nSPS) is 10.4. The quantitative estimate of drug-likeness (QED) is 0.784. The standard InChI is InChI=1S/C18H24N4O/c1-5-6-11-22(4)17-12-13(2)19-18(21-17)20-16-9-7-15(8-10-16)14(3)23/h7-10,12H,5-6,11H2,1-4H3,(H,19,20,21). The van der Waals surface area contributed by atoms with Gasteiger partial charge < -0.3 is 10.2 Å². The highest BCUT2D eigenvalue weighted by atomic mass is 16.1. The van der Waals surface area contributed by atoms with Crippen molar-refractivity contribution in [1.29, 1.82) is 0 Å². The van der Waals surface area contributed by atoms with Gasteiger partial charge in [0.25, 0.3) is 0 Å². The number of ketones is 1. The summed E-state index contributed by atoms with van der Waals surface area (Å²) in [6, 6.07) is 9.31. The molecule has 1 N–H and O–H groups in total. The van der Waals surface area contributed by atoms with Crippen molar-refractivity contribution in [2.24, 2.45) is 0 Å². The summed E-state index contributed by atoms with van der Waals surface area (Å²) in [5.41, 5.74) is 2.48. The van der Waals surface area contributed by atoms with Crippen molar-refractivity contribution < 1.29 is 4.79 Å². The molecule has 0 saturated carbocycles. The van der Waals surface area contributed by atoms with Crippen LogP contribution < -0.4 is 10.2 Å². The van der Waals surface area contributed by atoms with Gasteiger partial charge in [0.05, 0.1) is 0 Å². The molecule has 0 aliphatic carbocycles. The van der Waals surface area contributed by atoms with Gasteiger partial charge in [-0.3, -0.25) is 4.79 Å². The Morgan fingerprint density at radius 3 is 2.52 bits per heavy atom. The fraction of sp³-hybridized carbons (Fsp3) is 0.389. The minimum atomic E-state index is 0.0585. The summed E-state index contributed by atoms with van der Waals surface area (Å²) in [5.74, 6) is 1.54. The first-order chi connectivity index (χ1) is 11.0. The smallest absolute Gasteiger partial charge is 0.229 e. The minimum Gasteiger partial charge on any atom is -0.360 e. The first kappa shape index (κ1) is 16.9. The first-order valence-corrected chi connectivity index (χ1v) is 7.94. The van der Waals surface area contributed by atoms with Crippen LogP contribution in [0.5, 0.6) is 0 Å². The van der Waals surface area contributed by atoms with Gasteiger partial charge in [-0.2, -0.15) is 4.98 Å². The maximum atomic E-state index is 11.3. The molecule has 0 atom stereocenters. The lowest BCUT2D eigenvalue weighted by Gasteiger charge is -2.19. The van der Waals surface area contributed by atoms with Gasteiger partial charge in [0, 0.05) is 36.6 Å². The number of carbonyl (C=O) groups excluding carboxylic acids is 1. The number of nitrogens with zero attached hydrogens (tertiary/aromatic N) is 3. The Balaban J connectivity index is 2.16. The fourth-order valence-electron chi connectivity index (χ4n) is 2.23. The van der Waals surface area contributed by atoms with E-state index < -0.39 is 0 Å². The second-order valence-electron chi connectivity index (χ2n) is 5.72. The van der Waals surface area contributed by atoms with Gasteiger partial charge in [-0.15, -0.1) is 0 Å². The average molecular weight is 312 g/mol. The van der Waals surface area contributed by atoms with Crippen LogP contribution in [0.25, 0.3) is 0 Å². The van der Waals surface area contributed by atoms with E-state index in [1.807, 2.05) is 32.2 Å². The van der Waals surface area contributed by atoms with Crippen LogP contribution in [-0.2, 0) is 0 Å². The van der Waals surface area contributed by atoms with E-state index in [9.17, 15) is 4.79 Å². The molecule has 2 rings (SSSR count). The number of aromatic nitrogens is 2. The van der Waals surface area contributed by atoms with E-state index in [1.54, 1.807) is 19.1 Å². The van der Waals surface area contributed by atoms with E-state index in [4.69, 9.17) is 0 Å². The number of hydrogen-bond acceptors (Lipinski definition) is 5. The van der Waals surface area contributed by atoms with Gasteiger partial charge in [0.15, 0.2) is 5.78 Å². The van der Waals surface area contributed by atoms with Crippen molar-refractivity contribution in [3.63, 3.8) is 0 Å². The van der Waals surface area contributed by atoms with Crippen LogP contribution in [0.4, 0.5) is 17.5 Å². The first-order valence-electron chi connectivity index (χ1n) is 7.94. The SMILES string of the molecule is CCCCN(C)c1cc(C)nc(Nc2ccc(C(C)=O)cc2)n1.